The van der Waals surface area contributed by atoms with Gasteiger partial charge in [-0.3, -0.25) is 4.90 Å². The van der Waals surface area contributed by atoms with Crippen molar-refractivity contribution in [1.82, 2.24) is 4.90 Å². The maximum atomic E-state index is 13.3. The number of fused-ring (bicyclic) bond motifs is 3. The van der Waals surface area contributed by atoms with Crippen molar-refractivity contribution in [1.29, 1.82) is 0 Å². The van der Waals surface area contributed by atoms with Crippen LogP contribution >= 0.6 is 27.5 Å². The highest BCUT2D eigenvalue weighted by Crippen LogP contribution is 2.44. The Bertz CT molecular complexity index is 1170. The van der Waals surface area contributed by atoms with Crippen molar-refractivity contribution in [3.05, 3.63) is 92.9 Å². The molecule has 1 aliphatic rings. The molecule has 0 aliphatic heterocycles. The number of nitrogens with zero attached hydrogens (tertiary/aromatic N) is 1. The molecule has 0 heterocycles. The molecule has 3 aromatic carbocycles. The van der Waals surface area contributed by atoms with Gasteiger partial charge < -0.3 is 9.84 Å². The largest absolute Gasteiger partial charge is 0.479 e. The topological polar surface area (TPSA) is 66.8 Å². The van der Waals surface area contributed by atoms with Crippen LogP contribution in [0.5, 0.6) is 0 Å². The van der Waals surface area contributed by atoms with Crippen LogP contribution in [-0.4, -0.2) is 34.7 Å². The van der Waals surface area contributed by atoms with Crippen LogP contribution in [0.3, 0.4) is 0 Å². The number of rotatable bonds is 6. The maximum absolute atomic E-state index is 13.3. The van der Waals surface area contributed by atoms with E-state index in [9.17, 15) is 14.7 Å². The normalized spacial score (nSPS) is 13.4. The first-order chi connectivity index (χ1) is 15.8. The van der Waals surface area contributed by atoms with E-state index < -0.39 is 24.1 Å². The molecule has 3 aromatic rings. The van der Waals surface area contributed by atoms with Gasteiger partial charge in [-0.1, -0.05) is 82.1 Å². The van der Waals surface area contributed by atoms with E-state index in [4.69, 9.17) is 16.3 Å². The highest BCUT2D eigenvalue weighted by molar-refractivity contribution is 9.10. The fourth-order valence-electron chi connectivity index (χ4n) is 4.41. The molecular weight excluding hydrogens is 506 g/mol. The van der Waals surface area contributed by atoms with Crippen molar-refractivity contribution in [3.8, 4) is 11.1 Å². The number of ether oxygens (including phenoxy) is 1. The van der Waals surface area contributed by atoms with Gasteiger partial charge in [-0.05, 0) is 48.2 Å². The van der Waals surface area contributed by atoms with Crippen LogP contribution in [0, 0.1) is 0 Å². The number of carbonyl (C=O) groups excluding carboxylic acids is 1. The lowest BCUT2D eigenvalue weighted by atomic mass is 9.98. The lowest BCUT2D eigenvalue weighted by Crippen LogP contribution is -2.44. The van der Waals surface area contributed by atoms with Crippen LogP contribution in [0.1, 0.15) is 42.5 Å². The van der Waals surface area contributed by atoms with Gasteiger partial charge in [0.2, 0.25) is 0 Å². The standard InChI is InChI=1S/C26H23BrClNO4/c1-15(2)29(24(25(30)31)21-12-11-16(27)13-23(21)28)26(32)33-14-22-19-9-5-3-7-17(19)18-8-4-6-10-20(18)22/h3-13,15,22,24H,14H2,1-2H3,(H,30,31). The van der Waals surface area contributed by atoms with E-state index in [1.165, 1.54) is 4.90 Å². The molecule has 1 unspecified atom stereocenters. The summed E-state index contributed by atoms with van der Waals surface area (Å²) in [7, 11) is 0. The van der Waals surface area contributed by atoms with Crippen LogP contribution in [0.25, 0.3) is 11.1 Å². The number of hydrogen-bond donors (Lipinski definition) is 1. The molecule has 0 radical (unpaired) electrons. The van der Waals surface area contributed by atoms with Gasteiger partial charge in [-0.15, -0.1) is 0 Å². The molecule has 1 N–H and O–H groups in total. The van der Waals surface area contributed by atoms with Gasteiger partial charge in [0.1, 0.15) is 6.61 Å². The number of amides is 1. The molecule has 0 bridgehead atoms. The van der Waals surface area contributed by atoms with Crippen molar-refractivity contribution in [3.63, 3.8) is 0 Å². The minimum atomic E-state index is -1.28. The van der Waals surface area contributed by atoms with Crippen LogP contribution in [0.15, 0.2) is 71.2 Å². The minimum Gasteiger partial charge on any atom is -0.479 e. The Morgan fingerprint density at radius 3 is 2.12 bits per heavy atom. The van der Waals surface area contributed by atoms with E-state index in [0.29, 0.717) is 5.56 Å². The number of benzene rings is 3. The van der Waals surface area contributed by atoms with E-state index >= 15 is 0 Å². The average molecular weight is 529 g/mol. The summed E-state index contributed by atoms with van der Waals surface area (Å²) in [5, 5.41) is 10.3. The van der Waals surface area contributed by atoms with E-state index in [1.807, 2.05) is 36.4 Å². The number of hydrogen-bond acceptors (Lipinski definition) is 3. The zero-order valence-corrected chi connectivity index (χ0v) is 20.5. The first kappa shape index (κ1) is 23.3. The third-order valence-electron chi connectivity index (χ3n) is 5.87. The molecule has 4 rings (SSSR count). The Morgan fingerprint density at radius 2 is 1.61 bits per heavy atom. The van der Waals surface area contributed by atoms with E-state index in [-0.39, 0.29) is 17.5 Å². The van der Waals surface area contributed by atoms with Crippen molar-refractivity contribution in [2.24, 2.45) is 0 Å². The van der Waals surface area contributed by atoms with Gasteiger partial charge in [0.15, 0.2) is 6.04 Å². The average Bonchev–Trinajstić information content (AvgIpc) is 3.10. The fourth-order valence-corrected chi connectivity index (χ4v) is 5.18. The van der Waals surface area contributed by atoms with Gasteiger partial charge >= 0.3 is 12.1 Å². The Labute approximate surface area is 206 Å². The number of carboxylic acids is 1. The SMILES string of the molecule is CC(C)N(C(=O)OCC1c2ccccc2-c2ccccc21)C(C(=O)O)c1ccc(Br)cc1Cl. The smallest absolute Gasteiger partial charge is 0.411 e. The quantitative estimate of drug-likeness (QED) is 0.378. The monoisotopic (exact) mass is 527 g/mol. The highest BCUT2D eigenvalue weighted by Gasteiger charge is 2.37. The highest BCUT2D eigenvalue weighted by atomic mass is 79.9. The predicted octanol–water partition coefficient (Wildman–Crippen LogP) is 6.89. The molecule has 170 valence electrons. The molecule has 0 saturated heterocycles. The second-order valence-electron chi connectivity index (χ2n) is 8.21. The van der Waals surface area contributed by atoms with E-state index in [0.717, 1.165) is 26.7 Å². The molecule has 0 saturated carbocycles. The van der Waals surface area contributed by atoms with E-state index in [2.05, 4.69) is 28.1 Å². The third kappa shape index (κ3) is 4.50. The maximum Gasteiger partial charge on any atom is 0.411 e. The summed E-state index contributed by atoms with van der Waals surface area (Å²) in [5.41, 5.74) is 4.76. The van der Waals surface area contributed by atoms with E-state index in [1.54, 1.807) is 32.0 Å². The summed E-state index contributed by atoms with van der Waals surface area (Å²) >= 11 is 9.67. The molecule has 1 atom stereocenters. The number of carboxylic acid groups (broad SMARTS) is 1. The molecule has 0 aromatic heterocycles. The second kappa shape index (κ2) is 9.57. The Kier molecular flexibility index (Phi) is 6.77. The lowest BCUT2D eigenvalue weighted by Gasteiger charge is -2.32. The van der Waals surface area contributed by atoms with Gasteiger partial charge in [-0.2, -0.15) is 0 Å². The predicted molar refractivity (Wildman–Crippen MR) is 132 cm³/mol. The summed E-state index contributed by atoms with van der Waals surface area (Å²) in [6.45, 7) is 3.62. The van der Waals surface area contributed by atoms with Crippen molar-refractivity contribution >= 4 is 39.6 Å². The zero-order valence-electron chi connectivity index (χ0n) is 18.2. The number of halogens is 2. The molecule has 33 heavy (non-hydrogen) atoms. The summed E-state index contributed by atoms with van der Waals surface area (Å²) in [5.74, 6) is -1.30. The van der Waals surface area contributed by atoms with Crippen LogP contribution in [-0.2, 0) is 9.53 Å². The second-order valence-corrected chi connectivity index (χ2v) is 9.53. The van der Waals surface area contributed by atoms with Crippen LogP contribution in [0.4, 0.5) is 4.79 Å². The number of carbonyl (C=O) groups is 2. The van der Waals surface area contributed by atoms with Crippen molar-refractivity contribution < 1.29 is 19.4 Å². The summed E-state index contributed by atoms with van der Waals surface area (Å²) < 4.78 is 6.47. The minimum absolute atomic E-state index is 0.108. The molecule has 1 amide bonds. The molecule has 5 nitrogen and oxygen atoms in total. The lowest BCUT2D eigenvalue weighted by molar-refractivity contribution is -0.143. The van der Waals surface area contributed by atoms with Gasteiger partial charge in [0, 0.05) is 27.0 Å². The molecule has 7 heteroatoms. The summed E-state index contributed by atoms with van der Waals surface area (Å²) in [6.07, 6.45) is -0.696. The Hall–Kier alpha value is -2.83. The first-order valence-corrected chi connectivity index (χ1v) is 11.8. The Balaban J connectivity index is 1.61. The first-order valence-electron chi connectivity index (χ1n) is 10.6. The summed E-state index contributed by atoms with van der Waals surface area (Å²) in [6, 6.07) is 19.3. The zero-order chi connectivity index (χ0) is 23.7. The van der Waals surface area contributed by atoms with Gasteiger partial charge in [-0.25, -0.2) is 9.59 Å². The van der Waals surface area contributed by atoms with Crippen LogP contribution in [0.2, 0.25) is 5.02 Å². The van der Waals surface area contributed by atoms with Gasteiger partial charge in [0.05, 0.1) is 0 Å². The molecule has 0 spiro atoms. The van der Waals surface area contributed by atoms with Crippen molar-refractivity contribution in [2.75, 3.05) is 6.61 Å². The van der Waals surface area contributed by atoms with Crippen molar-refractivity contribution in [2.45, 2.75) is 31.8 Å². The third-order valence-corrected chi connectivity index (χ3v) is 6.69. The fraction of sp³-hybridized carbons (Fsp3) is 0.231. The summed E-state index contributed by atoms with van der Waals surface area (Å²) in [4.78, 5) is 26.7. The number of aliphatic carboxylic acids is 1. The van der Waals surface area contributed by atoms with Crippen LogP contribution < -0.4 is 0 Å². The van der Waals surface area contributed by atoms with Gasteiger partial charge in [0.25, 0.3) is 0 Å². The molecule has 0 fully saturated rings. The molecular formula is C26H23BrClNO4. The Morgan fingerprint density at radius 1 is 1.03 bits per heavy atom. The molecule has 1 aliphatic carbocycles.